The van der Waals surface area contributed by atoms with Crippen LogP contribution in [0.1, 0.15) is 5.56 Å². The first-order valence-electron chi connectivity index (χ1n) is 7.34. The molecule has 1 heterocycles. The number of hydrogen-bond donors (Lipinski definition) is 2. The summed E-state index contributed by atoms with van der Waals surface area (Å²) in [6.45, 7) is 0. The van der Waals surface area contributed by atoms with Gasteiger partial charge >= 0.3 is 0 Å². The number of benzene rings is 2. The fourth-order valence-corrected chi connectivity index (χ4v) is 2.39. The van der Waals surface area contributed by atoms with Gasteiger partial charge < -0.3 is 10.0 Å². The summed E-state index contributed by atoms with van der Waals surface area (Å²) in [7, 11) is 3.98. The van der Waals surface area contributed by atoms with E-state index in [2.05, 4.69) is 15.3 Å². The van der Waals surface area contributed by atoms with Crippen molar-refractivity contribution in [1.29, 1.82) is 0 Å². The van der Waals surface area contributed by atoms with Crippen LogP contribution in [0.15, 0.2) is 53.6 Å². The van der Waals surface area contributed by atoms with E-state index in [4.69, 9.17) is 12.2 Å². The van der Waals surface area contributed by atoms with Crippen LogP contribution in [0.5, 0.6) is 5.75 Å². The van der Waals surface area contributed by atoms with Crippen LogP contribution < -0.4 is 4.90 Å². The Balaban J connectivity index is 1.97. The highest BCUT2D eigenvalue weighted by atomic mass is 32.1. The van der Waals surface area contributed by atoms with E-state index in [0.29, 0.717) is 16.2 Å². The lowest BCUT2D eigenvalue weighted by Gasteiger charge is -2.12. The molecule has 0 amide bonds. The molecule has 24 heavy (non-hydrogen) atoms. The van der Waals surface area contributed by atoms with Crippen LogP contribution in [-0.4, -0.2) is 40.3 Å². The number of anilines is 1. The van der Waals surface area contributed by atoms with Gasteiger partial charge in [0.1, 0.15) is 5.75 Å². The monoisotopic (exact) mass is 339 g/mol. The molecule has 0 aliphatic carbocycles. The maximum atomic E-state index is 9.82. The molecule has 1 aromatic heterocycles. The first kappa shape index (κ1) is 15.9. The number of phenolic OH excluding ortho intramolecular Hbond substituents is 1. The van der Waals surface area contributed by atoms with Crippen molar-refractivity contribution >= 4 is 24.1 Å². The number of nitrogens with zero attached hydrogens (tertiary/aromatic N) is 4. The Kier molecular flexibility index (Phi) is 4.43. The summed E-state index contributed by atoms with van der Waals surface area (Å²) in [6, 6.07) is 14.9. The van der Waals surface area contributed by atoms with Gasteiger partial charge in [-0.3, -0.25) is 0 Å². The molecule has 7 heteroatoms. The Bertz CT molecular complexity index is 925. The van der Waals surface area contributed by atoms with Crippen molar-refractivity contribution in [2.24, 2.45) is 5.10 Å². The average Bonchev–Trinajstić information content (AvgIpc) is 2.95. The number of aromatic amines is 1. The molecule has 122 valence electrons. The summed E-state index contributed by atoms with van der Waals surface area (Å²) in [5.41, 5.74) is 2.59. The van der Waals surface area contributed by atoms with Crippen LogP contribution in [0.4, 0.5) is 5.69 Å². The van der Waals surface area contributed by atoms with Crippen LogP contribution in [0.2, 0.25) is 0 Å². The summed E-state index contributed by atoms with van der Waals surface area (Å²) < 4.78 is 1.92. The third kappa shape index (κ3) is 3.21. The van der Waals surface area contributed by atoms with Crippen molar-refractivity contribution in [2.45, 2.75) is 0 Å². The van der Waals surface area contributed by atoms with Crippen molar-refractivity contribution in [3.05, 3.63) is 58.9 Å². The second-order valence-electron chi connectivity index (χ2n) is 5.41. The lowest BCUT2D eigenvalue weighted by Crippen LogP contribution is -2.08. The highest BCUT2D eigenvalue weighted by Crippen LogP contribution is 2.21. The van der Waals surface area contributed by atoms with E-state index in [1.54, 1.807) is 24.4 Å². The molecule has 0 fully saturated rings. The molecule has 0 bridgehead atoms. The molecule has 0 atom stereocenters. The molecule has 3 aromatic rings. The van der Waals surface area contributed by atoms with Crippen molar-refractivity contribution in [2.75, 3.05) is 19.0 Å². The molecule has 0 spiro atoms. The fourth-order valence-electron chi connectivity index (χ4n) is 2.21. The Morgan fingerprint density at radius 1 is 1.17 bits per heavy atom. The molecule has 0 aliphatic heterocycles. The van der Waals surface area contributed by atoms with Gasteiger partial charge in [-0.1, -0.05) is 12.1 Å². The lowest BCUT2D eigenvalue weighted by molar-refractivity contribution is 0.474. The standard InChI is InChI=1S/C17H17N5OS/c1-21(2)14-9-7-12(8-10-14)16-19-20-17(24)22(16)18-11-13-5-3-4-6-15(13)23/h3-11,23H,1-2H3,(H,20,24). The normalized spacial score (nSPS) is 11.1. The zero-order valence-corrected chi connectivity index (χ0v) is 14.2. The van der Waals surface area contributed by atoms with Crippen LogP contribution in [0.3, 0.4) is 0 Å². The van der Waals surface area contributed by atoms with E-state index in [1.807, 2.05) is 49.3 Å². The molecule has 0 unspecified atom stereocenters. The highest BCUT2D eigenvalue weighted by Gasteiger charge is 2.08. The highest BCUT2D eigenvalue weighted by molar-refractivity contribution is 7.71. The van der Waals surface area contributed by atoms with Crippen LogP contribution in [-0.2, 0) is 0 Å². The number of aromatic nitrogens is 3. The van der Waals surface area contributed by atoms with Crippen molar-refractivity contribution < 1.29 is 5.11 Å². The number of aromatic hydroxyl groups is 1. The summed E-state index contributed by atoms with van der Waals surface area (Å²) in [4.78, 5) is 2.03. The van der Waals surface area contributed by atoms with Gasteiger partial charge in [0.05, 0.1) is 6.21 Å². The molecule has 0 aliphatic rings. The summed E-state index contributed by atoms with van der Waals surface area (Å²) in [5, 5.41) is 21.2. The molecule has 0 radical (unpaired) electrons. The number of nitrogens with one attached hydrogen (secondary N) is 1. The first-order valence-corrected chi connectivity index (χ1v) is 7.74. The number of H-pyrrole nitrogens is 1. The molecule has 6 nitrogen and oxygen atoms in total. The molecule has 3 rings (SSSR count). The second kappa shape index (κ2) is 6.67. The minimum atomic E-state index is 0.160. The Hall–Kier alpha value is -2.93. The zero-order valence-electron chi connectivity index (χ0n) is 13.3. The van der Waals surface area contributed by atoms with Crippen LogP contribution in [0.25, 0.3) is 11.4 Å². The van der Waals surface area contributed by atoms with Gasteiger partial charge in [0, 0.05) is 30.9 Å². The maximum Gasteiger partial charge on any atom is 0.216 e. The maximum absolute atomic E-state index is 9.82. The van der Waals surface area contributed by atoms with Gasteiger partial charge in [0.2, 0.25) is 4.77 Å². The van der Waals surface area contributed by atoms with Gasteiger partial charge in [-0.25, -0.2) is 5.10 Å². The zero-order chi connectivity index (χ0) is 17.1. The molecule has 0 saturated heterocycles. The van der Waals surface area contributed by atoms with E-state index in [-0.39, 0.29) is 5.75 Å². The number of para-hydroxylation sites is 1. The van der Waals surface area contributed by atoms with E-state index < -0.39 is 0 Å². The van der Waals surface area contributed by atoms with Crippen molar-refractivity contribution in [3.8, 4) is 17.1 Å². The predicted octanol–water partition coefficient (Wildman–Crippen LogP) is 3.26. The fraction of sp³-hybridized carbons (Fsp3) is 0.118. The molecular weight excluding hydrogens is 322 g/mol. The summed E-state index contributed by atoms with van der Waals surface area (Å²) in [5.74, 6) is 0.769. The minimum absolute atomic E-state index is 0.160. The van der Waals surface area contributed by atoms with Crippen molar-refractivity contribution in [1.82, 2.24) is 14.9 Å². The Labute approximate surface area is 144 Å². The smallest absolute Gasteiger partial charge is 0.216 e. The quantitative estimate of drug-likeness (QED) is 0.565. The van der Waals surface area contributed by atoms with Crippen LogP contribution >= 0.6 is 12.2 Å². The van der Waals surface area contributed by atoms with Gasteiger partial charge in [-0.2, -0.15) is 14.9 Å². The number of hydrogen-bond acceptors (Lipinski definition) is 5. The largest absolute Gasteiger partial charge is 0.507 e. The lowest BCUT2D eigenvalue weighted by atomic mass is 10.2. The molecule has 2 N–H and O–H groups in total. The number of rotatable bonds is 4. The van der Waals surface area contributed by atoms with E-state index in [0.717, 1.165) is 11.3 Å². The minimum Gasteiger partial charge on any atom is -0.507 e. The molecular formula is C17H17N5OS. The van der Waals surface area contributed by atoms with Gasteiger partial charge in [0.15, 0.2) is 5.82 Å². The molecule has 0 saturated carbocycles. The van der Waals surface area contributed by atoms with Gasteiger partial charge in [0.25, 0.3) is 0 Å². The van der Waals surface area contributed by atoms with E-state index in [9.17, 15) is 5.11 Å². The Morgan fingerprint density at radius 2 is 1.88 bits per heavy atom. The summed E-state index contributed by atoms with van der Waals surface area (Å²) >= 11 is 5.25. The van der Waals surface area contributed by atoms with Gasteiger partial charge in [-0.15, -0.1) is 0 Å². The third-order valence-electron chi connectivity index (χ3n) is 3.54. The van der Waals surface area contributed by atoms with Crippen LogP contribution in [0, 0.1) is 4.77 Å². The summed E-state index contributed by atoms with van der Waals surface area (Å²) in [6.07, 6.45) is 1.55. The SMILES string of the molecule is CN(C)c1ccc(-c2n[nH]c(=S)n2N=Cc2ccccc2O)cc1. The second-order valence-corrected chi connectivity index (χ2v) is 5.80. The average molecular weight is 339 g/mol. The number of phenols is 1. The van der Waals surface area contributed by atoms with E-state index >= 15 is 0 Å². The molecule has 2 aromatic carbocycles. The third-order valence-corrected chi connectivity index (χ3v) is 3.81. The van der Waals surface area contributed by atoms with Crippen molar-refractivity contribution in [3.63, 3.8) is 0 Å². The van der Waals surface area contributed by atoms with E-state index in [1.165, 1.54) is 4.68 Å². The van der Waals surface area contributed by atoms with Gasteiger partial charge in [-0.05, 0) is 48.6 Å². The predicted molar refractivity (Wildman–Crippen MR) is 98.3 cm³/mol. The topological polar surface area (TPSA) is 69.4 Å². The Morgan fingerprint density at radius 3 is 2.54 bits per heavy atom. The first-order chi connectivity index (χ1) is 11.6.